The molecule has 0 fully saturated rings. The van der Waals surface area contributed by atoms with E-state index in [1.54, 1.807) is 6.21 Å². The van der Waals surface area contributed by atoms with Gasteiger partial charge in [-0.15, -0.1) is 11.3 Å². The number of para-hydroxylation sites is 1. The number of benzene rings is 3. The van der Waals surface area contributed by atoms with Crippen molar-refractivity contribution >= 4 is 22.7 Å². The zero-order valence-corrected chi connectivity index (χ0v) is 16.7. The van der Waals surface area contributed by atoms with Gasteiger partial charge in [-0.25, -0.2) is 4.98 Å². The van der Waals surface area contributed by atoms with Gasteiger partial charge in [0.1, 0.15) is 5.75 Å². The summed E-state index contributed by atoms with van der Waals surface area (Å²) in [4.78, 5) is 4.58. The fourth-order valence-corrected chi connectivity index (χ4v) is 3.53. The Kier molecular flexibility index (Phi) is 6.30. The van der Waals surface area contributed by atoms with Gasteiger partial charge in [-0.3, -0.25) is 5.43 Å². The van der Waals surface area contributed by atoms with Crippen molar-refractivity contribution in [1.29, 1.82) is 0 Å². The molecule has 1 N–H and O–H groups in total. The summed E-state index contributed by atoms with van der Waals surface area (Å²) in [5, 5.41) is 7.11. The fourth-order valence-electron chi connectivity index (χ4n) is 2.87. The van der Waals surface area contributed by atoms with Crippen molar-refractivity contribution in [3.05, 3.63) is 101 Å². The van der Waals surface area contributed by atoms with Gasteiger partial charge in [-0.05, 0) is 17.7 Å². The summed E-state index contributed by atoms with van der Waals surface area (Å²) in [5.74, 6) is 0.818. The van der Waals surface area contributed by atoms with Crippen LogP contribution in [0.3, 0.4) is 0 Å². The summed E-state index contributed by atoms with van der Waals surface area (Å²) in [6.45, 7) is 0.620. The van der Waals surface area contributed by atoms with Crippen LogP contribution in [0.5, 0.6) is 5.75 Å². The molecule has 4 aromatic rings. The lowest BCUT2D eigenvalue weighted by atomic mass is 10.2. The lowest BCUT2D eigenvalue weighted by molar-refractivity contribution is 0.321. The second-order valence-corrected chi connectivity index (χ2v) is 7.25. The third-order valence-electron chi connectivity index (χ3n) is 4.35. The number of aromatic nitrogens is 1. The second-order valence-electron chi connectivity index (χ2n) is 6.40. The maximum Gasteiger partial charge on any atom is 0.203 e. The van der Waals surface area contributed by atoms with E-state index in [0.717, 1.165) is 34.1 Å². The van der Waals surface area contributed by atoms with Gasteiger partial charge in [0.15, 0.2) is 0 Å². The number of ether oxygens (including phenoxy) is 1. The Morgan fingerprint density at radius 1 is 0.897 bits per heavy atom. The molecule has 0 bridgehead atoms. The van der Waals surface area contributed by atoms with Crippen LogP contribution in [0.25, 0.3) is 11.3 Å². The SMILES string of the molecule is C(=NNc1nc(-c2ccccc2)cs1)c1ccccc1OCCc1ccccc1. The predicted molar refractivity (Wildman–Crippen MR) is 121 cm³/mol. The van der Waals surface area contributed by atoms with Crippen molar-refractivity contribution < 1.29 is 4.74 Å². The Balaban J connectivity index is 1.36. The molecule has 0 aliphatic rings. The highest BCUT2D eigenvalue weighted by Crippen LogP contribution is 2.24. The van der Waals surface area contributed by atoms with Crippen molar-refractivity contribution in [2.75, 3.05) is 12.0 Å². The van der Waals surface area contributed by atoms with Crippen molar-refractivity contribution in [2.45, 2.75) is 6.42 Å². The van der Waals surface area contributed by atoms with E-state index in [9.17, 15) is 0 Å². The zero-order chi connectivity index (χ0) is 19.7. The smallest absolute Gasteiger partial charge is 0.203 e. The van der Waals surface area contributed by atoms with E-state index in [4.69, 9.17) is 4.74 Å². The van der Waals surface area contributed by atoms with Crippen molar-refractivity contribution in [2.24, 2.45) is 5.10 Å². The van der Waals surface area contributed by atoms with Gasteiger partial charge in [0.05, 0.1) is 18.5 Å². The number of rotatable bonds is 8. The normalized spacial score (nSPS) is 10.9. The third-order valence-corrected chi connectivity index (χ3v) is 5.09. The molecule has 0 unspecified atom stereocenters. The number of anilines is 1. The van der Waals surface area contributed by atoms with Gasteiger partial charge in [0, 0.05) is 22.9 Å². The molecular formula is C24H21N3OS. The molecule has 0 atom stereocenters. The van der Waals surface area contributed by atoms with Crippen LogP contribution in [0, 0.1) is 0 Å². The summed E-state index contributed by atoms with van der Waals surface area (Å²) in [7, 11) is 0. The maximum atomic E-state index is 5.97. The highest BCUT2D eigenvalue weighted by Gasteiger charge is 2.04. The topological polar surface area (TPSA) is 46.5 Å². The fraction of sp³-hybridized carbons (Fsp3) is 0.0833. The molecule has 4 nitrogen and oxygen atoms in total. The van der Waals surface area contributed by atoms with Crippen LogP contribution < -0.4 is 10.2 Å². The van der Waals surface area contributed by atoms with E-state index in [1.807, 2.05) is 78.2 Å². The molecule has 1 aromatic heterocycles. The molecule has 29 heavy (non-hydrogen) atoms. The van der Waals surface area contributed by atoms with Gasteiger partial charge in [-0.2, -0.15) is 5.10 Å². The monoisotopic (exact) mass is 399 g/mol. The number of hydrogen-bond donors (Lipinski definition) is 1. The second kappa shape index (κ2) is 9.66. The van der Waals surface area contributed by atoms with Crippen LogP contribution in [0.1, 0.15) is 11.1 Å². The van der Waals surface area contributed by atoms with E-state index in [2.05, 4.69) is 27.6 Å². The number of nitrogens with zero attached hydrogens (tertiary/aromatic N) is 2. The molecule has 4 rings (SSSR count). The minimum Gasteiger partial charge on any atom is -0.493 e. The molecule has 0 aliphatic carbocycles. The van der Waals surface area contributed by atoms with E-state index in [0.29, 0.717) is 6.61 Å². The Labute approximate surface area is 174 Å². The Bertz CT molecular complexity index is 1060. The van der Waals surface area contributed by atoms with Crippen molar-refractivity contribution in [3.63, 3.8) is 0 Å². The first-order valence-electron chi connectivity index (χ1n) is 9.44. The van der Waals surface area contributed by atoms with Gasteiger partial charge in [0.2, 0.25) is 5.13 Å². The first-order chi connectivity index (χ1) is 14.4. The van der Waals surface area contributed by atoms with Crippen LogP contribution in [0.4, 0.5) is 5.13 Å². The molecule has 5 heteroatoms. The lowest BCUT2D eigenvalue weighted by Crippen LogP contribution is -2.03. The molecule has 0 spiro atoms. The van der Waals surface area contributed by atoms with Crippen LogP contribution in [0.2, 0.25) is 0 Å². The highest BCUT2D eigenvalue weighted by atomic mass is 32.1. The van der Waals surface area contributed by atoms with Crippen LogP contribution in [0.15, 0.2) is 95.4 Å². The number of hydrazone groups is 1. The van der Waals surface area contributed by atoms with E-state index in [1.165, 1.54) is 16.9 Å². The van der Waals surface area contributed by atoms with E-state index < -0.39 is 0 Å². The lowest BCUT2D eigenvalue weighted by Gasteiger charge is -2.09. The van der Waals surface area contributed by atoms with Crippen LogP contribution in [-0.4, -0.2) is 17.8 Å². The van der Waals surface area contributed by atoms with Gasteiger partial charge >= 0.3 is 0 Å². The summed E-state index contributed by atoms with van der Waals surface area (Å²) < 4.78 is 5.97. The summed E-state index contributed by atoms with van der Waals surface area (Å²) in [6.07, 6.45) is 2.63. The van der Waals surface area contributed by atoms with Crippen molar-refractivity contribution in [1.82, 2.24) is 4.98 Å². The summed E-state index contributed by atoms with van der Waals surface area (Å²) in [5.41, 5.74) is 7.24. The molecule has 0 radical (unpaired) electrons. The quantitative estimate of drug-likeness (QED) is 0.297. The predicted octanol–water partition coefficient (Wildman–Crippen LogP) is 5.88. The number of nitrogens with one attached hydrogen (secondary N) is 1. The van der Waals surface area contributed by atoms with Crippen LogP contribution >= 0.6 is 11.3 Å². The number of thiazole rings is 1. The standard InChI is InChI=1S/C24H21N3OS/c1-3-9-19(10-4-1)15-16-28-23-14-8-7-13-21(23)17-25-27-24-26-22(18-29-24)20-11-5-2-6-12-20/h1-14,17-18H,15-16H2,(H,26,27). The Morgan fingerprint density at radius 3 is 2.45 bits per heavy atom. The van der Waals surface area contributed by atoms with Gasteiger partial charge in [0.25, 0.3) is 0 Å². The van der Waals surface area contributed by atoms with E-state index in [-0.39, 0.29) is 0 Å². The van der Waals surface area contributed by atoms with Gasteiger partial charge < -0.3 is 4.74 Å². The highest BCUT2D eigenvalue weighted by molar-refractivity contribution is 7.14. The number of hydrogen-bond acceptors (Lipinski definition) is 5. The zero-order valence-electron chi connectivity index (χ0n) is 15.9. The first-order valence-corrected chi connectivity index (χ1v) is 10.3. The molecular weight excluding hydrogens is 378 g/mol. The first kappa shape index (κ1) is 18.9. The molecule has 3 aromatic carbocycles. The van der Waals surface area contributed by atoms with Crippen molar-refractivity contribution in [3.8, 4) is 17.0 Å². The summed E-state index contributed by atoms with van der Waals surface area (Å²) in [6, 6.07) is 28.3. The Morgan fingerprint density at radius 2 is 1.62 bits per heavy atom. The molecule has 0 saturated heterocycles. The molecule has 1 heterocycles. The average molecular weight is 400 g/mol. The van der Waals surface area contributed by atoms with Gasteiger partial charge in [-0.1, -0.05) is 72.8 Å². The van der Waals surface area contributed by atoms with E-state index >= 15 is 0 Å². The minimum atomic E-state index is 0.620. The molecule has 0 saturated carbocycles. The third kappa shape index (κ3) is 5.30. The average Bonchev–Trinajstić information content (AvgIpc) is 3.25. The molecule has 144 valence electrons. The maximum absolute atomic E-state index is 5.97. The minimum absolute atomic E-state index is 0.620. The molecule has 0 aliphatic heterocycles. The van der Waals surface area contributed by atoms with Crippen LogP contribution in [-0.2, 0) is 6.42 Å². The Hall–Kier alpha value is -3.44. The summed E-state index contributed by atoms with van der Waals surface area (Å²) >= 11 is 1.53. The molecule has 0 amide bonds. The largest absolute Gasteiger partial charge is 0.493 e.